The number of nitrogens with two attached hydrogens (primary N) is 1. The molecule has 0 fully saturated rings. The SMILES string of the molecule is CCC(N)C(SCC(O)CO)c1ccc(Cl)cc1. The highest BCUT2D eigenvalue weighted by atomic mass is 35.5. The molecule has 0 spiro atoms. The predicted octanol–water partition coefficient (Wildman–Crippen LogP) is 2.20. The highest BCUT2D eigenvalue weighted by molar-refractivity contribution is 7.99. The molecule has 0 bridgehead atoms. The van der Waals surface area contributed by atoms with E-state index in [1.807, 2.05) is 31.2 Å². The third kappa shape index (κ3) is 4.78. The number of benzene rings is 1. The lowest BCUT2D eigenvalue weighted by molar-refractivity contribution is 0.113. The van der Waals surface area contributed by atoms with Crippen LogP contribution in [0.15, 0.2) is 24.3 Å². The van der Waals surface area contributed by atoms with Crippen molar-refractivity contribution in [1.29, 1.82) is 0 Å². The maximum Gasteiger partial charge on any atom is 0.0861 e. The number of aliphatic hydroxyl groups is 2. The molecule has 0 radical (unpaired) electrons. The largest absolute Gasteiger partial charge is 0.394 e. The van der Waals surface area contributed by atoms with Crippen LogP contribution in [-0.4, -0.2) is 34.7 Å². The molecule has 4 N–H and O–H groups in total. The molecular weight excluding hydrogens is 270 g/mol. The van der Waals surface area contributed by atoms with E-state index < -0.39 is 6.10 Å². The summed E-state index contributed by atoms with van der Waals surface area (Å²) in [5.74, 6) is 0.470. The highest BCUT2D eigenvalue weighted by Crippen LogP contribution is 2.33. The van der Waals surface area contributed by atoms with Gasteiger partial charge in [0.1, 0.15) is 0 Å². The second-order valence-electron chi connectivity index (χ2n) is 4.21. The fourth-order valence-corrected chi connectivity index (χ4v) is 3.05. The van der Waals surface area contributed by atoms with E-state index in [4.69, 9.17) is 22.4 Å². The molecular formula is C13H20ClNO2S. The third-order valence-corrected chi connectivity index (χ3v) is 4.55. The average molecular weight is 290 g/mol. The smallest absolute Gasteiger partial charge is 0.0861 e. The van der Waals surface area contributed by atoms with E-state index in [1.165, 1.54) is 0 Å². The summed E-state index contributed by atoms with van der Waals surface area (Å²) in [7, 11) is 0. The minimum atomic E-state index is -0.700. The van der Waals surface area contributed by atoms with Crippen LogP contribution >= 0.6 is 23.4 Å². The van der Waals surface area contributed by atoms with Crippen molar-refractivity contribution in [1.82, 2.24) is 0 Å². The average Bonchev–Trinajstić information content (AvgIpc) is 2.40. The Morgan fingerprint density at radius 2 is 1.94 bits per heavy atom. The van der Waals surface area contributed by atoms with Crippen LogP contribution in [-0.2, 0) is 0 Å². The van der Waals surface area contributed by atoms with Gasteiger partial charge in [-0.2, -0.15) is 0 Å². The lowest BCUT2D eigenvalue weighted by Gasteiger charge is -2.24. The van der Waals surface area contributed by atoms with Gasteiger partial charge in [-0.05, 0) is 24.1 Å². The molecule has 0 amide bonds. The molecule has 1 rings (SSSR count). The zero-order chi connectivity index (χ0) is 13.5. The summed E-state index contributed by atoms with van der Waals surface area (Å²) in [4.78, 5) is 0. The molecule has 1 aromatic rings. The molecule has 0 aliphatic heterocycles. The molecule has 3 atom stereocenters. The van der Waals surface area contributed by atoms with E-state index in [-0.39, 0.29) is 17.9 Å². The summed E-state index contributed by atoms with van der Waals surface area (Å²) < 4.78 is 0. The molecule has 5 heteroatoms. The van der Waals surface area contributed by atoms with Crippen LogP contribution in [0.4, 0.5) is 0 Å². The summed E-state index contributed by atoms with van der Waals surface area (Å²) in [6.07, 6.45) is 0.157. The Hall–Kier alpha value is -0.260. The number of hydrogen-bond donors (Lipinski definition) is 3. The molecule has 3 nitrogen and oxygen atoms in total. The van der Waals surface area contributed by atoms with E-state index in [2.05, 4.69) is 0 Å². The van der Waals surface area contributed by atoms with Gasteiger partial charge in [0.2, 0.25) is 0 Å². The second-order valence-corrected chi connectivity index (χ2v) is 5.82. The molecule has 18 heavy (non-hydrogen) atoms. The van der Waals surface area contributed by atoms with Crippen LogP contribution in [0.5, 0.6) is 0 Å². The first-order chi connectivity index (χ1) is 8.58. The van der Waals surface area contributed by atoms with Gasteiger partial charge < -0.3 is 15.9 Å². The van der Waals surface area contributed by atoms with Gasteiger partial charge in [0.15, 0.2) is 0 Å². The van der Waals surface area contributed by atoms with Crippen molar-refractivity contribution >= 4 is 23.4 Å². The van der Waals surface area contributed by atoms with Crippen molar-refractivity contribution in [3.63, 3.8) is 0 Å². The van der Waals surface area contributed by atoms with Gasteiger partial charge in [0, 0.05) is 22.1 Å². The number of rotatable bonds is 7. The van der Waals surface area contributed by atoms with Crippen LogP contribution < -0.4 is 5.73 Å². The Labute approximate surface area is 117 Å². The van der Waals surface area contributed by atoms with E-state index in [0.29, 0.717) is 10.8 Å². The highest BCUT2D eigenvalue weighted by Gasteiger charge is 2.20. The fraction of sp³-hybridized carbons (Fsp3) is 0.538. The van der Waals surface area contributed by atoms with Gasteiger partial charge in [-0.3, -0.25) is 0 Å². The Morgan fingerprint density at radius 1 is 1.33 bits per heavy atom. The first-order valence-electron chi connectivity index (χ1n) is 6.00. The maximum absolute atomic E-state index is 9.42. The Kier molecular flexibility index (Phi) is 7.04. The fourth-order valence-electron chi connectivity index (χ4n) is 1.60. The monoisotopic (exact) mass is 289 g/mol. The topological polar surface area (TPSA) is 66.5 Å². The minimum absolute atomic E-state index is 0.0158. The third-order valence-electron chi connectivity index (χ3n) is 2.74. The van der Waals surface area contributed by atoms with Gasteiger partial charge in [-0.15, -0.1) is 11.8 Å². The quantitative estimate of drug-likeness (QED) is 0.720. The second kappa shape index (κ2) is 8.02. The molecule has 0 heterocycles. The van der Waals surface area contributed by atoms with Gasteiger partial charge >= 0.3 is 0 Å². The van der Waals surface area contributed by atoms with Crippen molar-refractivity contribution in [2.45, 2.75) is 30.7 Å². The van der Waals surface area contributed by atoms with Crippen molar-refractivity contribution < 1.29 is 10.2 Å². The van der Waals surface area contributed by atoms with Crippen LogP contribution in [0, 0.1) is 0 Å². The standard InChI is InChI=1S/C13H20ClNO2S/c1-2-12(15)13(18-8-11(17)7-16)9-3-5-10(14)6-4-9/h3-6,11-13,16-17H,2,7-8,15H2,1H3. The molecule has 0 saturated carbocycles. The van der Waals surface area contributed by atoms with Gasteiger partial charge in [-0.1, -0.05) is 30.7 Å². The van der Waals surface area contributed by atoms with Crippen LogP contribution in [0.2, 0.25) is 5.02 Å². The van der Waals surface area contributed by atoms with E-state index in [0.717, 1.165) is 12.0 Å². The van der Waals surface area contributed by atoms with Crippen molar-refractivity contribution in [2.75, 3.05) is 12.4 Å². The molecule has 0 aromatic heterocycles. The maximum atomic E-state index is 9.42. The van der Waals surface area contributed by atoms with Gasteiger partial charge in [0.25, 0.3) is 0 Å². The molecule has 0 aliphatic rings. The number of aliphatic hydroxyl groups excluding tert-OH is 2. The Morgan fingerprint density at radius 3 is 2.44 bits per heavy atom. The molecule has 0 aliphatic carbocycles. The van der Waals surface area contributed by atoms with Crippen LogP contribution in [0.1, 0.15) is 24.2 Å². The normalized spacial score (nSPS) is 16.3. The number of hydrogen-bond acceptors (Lipinski definition) is 4. The first-order valence-corrected chi connectivity index (χ1v) is 7.42. The molecule has 0 saturated heterocycles. The van der Waals surface area contributed by atoms with Crippen molar-refractivity contribution in [3.8, 4) is 0 Å². The zero-order valence-corrected chi connectivity index (χ0v) is 12.0. The van der Waals surface area contributed by atoms with Crippen LogP contribution in [0.25, 0.3) is 0 Å². The summed E-state index contributed by atoms with van der Waals surface area (Å²) in [5, 5.41) is 19.1. The molecule has 102 valence electrons. The minimum Gasteiger partial charge on any atom is -0.394 e. The van der Waals surface area contributed by atoms with Gasteiger partial charge in [0.05, 0.1) is 12.7 Å². The lowest BCUT2D eigenvalue weighted by atomic mass is 10.0. The van der Waals surface area contributed by atoms with Gasteiger partial charge in [-0.25, -0.2) is 0 Å². The molecule has 1 aromatic carbocycles. The number of thioether (sulfide) groups is 1. The zero-order valence-electron chi connectivity index (χ0n) is 10.4. The Balaban J connectivity index is 2.74. The summed E-state index contributed by atoms with van der Waals surface area (Å²) in [6.45, 7) is 1.82. The Bertz CT molecular complexity index is 347. The van der Waals surface area contributed by atoms with Crippen molar-refractivity contribution in [3.05, 3.63) is 34.9 Å². The van der Waals surface area contributed by atoms with E-state index >= 15 is 0 Å². The van der Waals surface area contributed by atoms with E-state index in [9.17, 15) is 5.11 Å². The van der Waals surface area contributed by atoms with Crippen molar-refractivity contribution in [2.24, 2.45) is 5.73 Å². The van der Waals surface area contributed by atoms with E-state index in [1.54, 1.807) is 11.8 Å². The first kappa shape index (κ1) is 15.8. The summed E-state index contributed by atoms with van der Waals surface area (Å²) in [5.41, 5.74) is 7.22. The van der Waals surface area contributed by atoms with Crippen LogP contribution in [0.3, 0.4) is 0 Å². The number of halogens is 1. The molecule has 3 unspecified atom stereocenters. The summed E-state index contributed by atoms with van der Waals surface area (Å²) >= 11 is 7.44. The predicted molar refractivity (Wildman–Crippen MR) is 78.0 cm³/mol. The summed E-state index contributed by atoms with van der Waals surface area (Å²) in [6, 6.07) is 7.62. The lowest BCUT2D eigenvalue weighted by Crippen LogP contribution is -2.27.